The van der Waals surface area contributed by atoms with E-state index < -0.39 is 11.6 Å². The summed E-state index contributed by atoms with van der Waals surface area (Å²) in [6.07, 6.45) is 0. The van der Waals surface area contributed by atoms with Crippen LogP contribution in [0.3, 0.4) is 0 Å². The number of hydrogen-bond donors (Lipinski definition) is 2. The molecule has 0 fully saturated rings. The van der Waals surface area contributed by atoms with Crippen LogP contribution in [0.1, 0.15) is 37.0 Å². The third-order valence-corrected chi connectivity index (χ3v) is 4.25. The van der Waals surface area contributed by atoms with Gasteiger partial charge < -0.3 is 10.6 Å². The largest absolute Gasteiger partial charge is 0.352 e. The van der Waals surface area contributed by atoms with Crippen LogP contribution >= 0.6 is 35.3 Å². The first-order chi connectivity index (χ1) is 11.3. The zero-order chi connectivity index (χ0) is 17.7. The molecule has 0 spiro atoms. The predicted octanol–water partition coefficient (Wildman–Crippen LogP) is 4.20. The zero-order valence-corrected chi connectivity index (χ0v) is 17.8. The highest BCUT2D eigenvalue weighted by atomic mass is 127. The fourth-order valence-corrected chi connectivity index (χ4v) is 2.93. The summed E-state index contributed by atoms with van der Waals surface area (Å²) >= 11 is 1.58. The van der Waals surface area contributed by atoms with Crippen LogP contribution in [0, 0.1) is 11.6 Å². The quantitative estimate of drug-likeness (QED) is 0.392. The molecule has 0 aliphatic carbocycles. The average molecular weight is 480 g/mol. The van der Waals surface area contributed by atoms with Gasteiger partial charge in [-0.3, -0.25) is 4.99 Å². The summed E-state index contributed by atoms with van der Waals surface area (Å²) in [6, 6.07) is 3.39. The van der Waals surface area contributed by atoms with E-state index in [1.54, 1.807) is 18.4 Å². The highest BCUT2D eigenvalue weighted by molar-refractivity contribution is 14.0. The number of nitrogens with zero attached hydrogens (tertiary/aromatic N) is 2. The van der Waals surface area contributed by atoms with Crippen molar-refractivity contribution < 1.29 is 8.78 Å². The van der Waals surface area contributed by atoms with Crippen molar-refractivity contribution in [2.45, 2.75) is 39.3 Å². The molecule has 2 aromatic rings. The Morgan fingerprint density at radius 2 is 1.88 bits per heavy atom. The number of thiazole rings is 1. The van der Waals surface area contributed by atoms with Crippen LogP contribution in [-0.2, 0) is 18.5 Å². The van der Waals surface area contributed by atoms with Crippen molar-refractivity contribution in [3.8, 4) is 0 Å². The van der Waals surface area contributed by atoms with Gasteiger partial charge in [-0.25, -0.2) is 13.8 Å². The minimum absolute atomic E-state index is 0. The van der Waals surface area contributed by atoms with Crippen LogP contribution < -0.4 is 10.6 Å². The van der Waals surface area contributed by atoms with Crippen LogP contribution in [-0.4, -0.2) is 18.0 Å². The molecule has 0 aliphatic rings. The number of nitrogens with one attached hydrogen (secondary N) is 2. The molecule has 0 aliphatic heterocycles. The molecule has 4 nitrogen and oxygen atoms in total. The van der Waals surface area contributed by atoms with Crippen LogP contribution in [0.25, 0.3) is 0 Å². The molecule has 0 radical (unpaired) electrons. The summed E-state index contributed by atoms with van der Waals surface area (Å²) in [4.78, 5) is 8.68. The molecule has 1 heterocycles. The van der Waals surface area contributed by atoms with Gasteiger partial charge in [0.2, 0.25) is 0 Å². The van der Waals surface area contributed by atoms with Gasteiger partial charge in [-0.1, -0.05) is 20.8 Å². The molecular weight excluding hydrogens is 457 g/mol. The third-order valence-electron chi connectivity index (χ3n) is 3.40. The van der Waals surface area contributed by atoms with Gasteiger partial charge in [0.1, 0.15) is 16.6 Å². The molecule has 0 amide bonds. The van der Waals surface area contributed by atoms with Gasteiger partial charge in [-0.2, -0.15) is 0 Å². The second-order valence-electron chi connectivity index (χ2n) is 6.39. The Balaban J connectivity index is 0.00000312. The Morgan fingerprint density at radius 1 is 1.20 bits per heavy atom. The minimum atomic E-state index is -0.464. The van der Waals surface area contributed by atoms with E-state index in [1.165, 1.54) is 6.07 Å². The number of guanidine groups is 1. The Bertz CT molecular complexity index is 726. The summed E-state index contributed by atoms with van der Waals surface area (Å²) in [7, 11) is 1.62. The van der Waals surface area contributed by atoms with E-state index in [2.05, 4.69) is 46.8 Å². The second kappa shape index (κ2) is 9.42. The molecule has 138 valence electrons. The molecule has 1 aromatic heterocycles. The number of aliphatic imine (C=N–C) groups is 1. The van der Waals surface area contributed by atoms with E-state index in [0.717, 1.165) is 22.8 Å². The molecule has 0 saturated carbocycles. The minimum Gasteiger partial charge on any atom is -0.352 e. The SMILES string of the molecule is CN=C(NCc1nc(C(C)(C)C)cs1)NCc1cc(F)ccc1F.I. The van der Waals surface area contributed by atoms with Crippen molar-refractivity contribution in [2.75, 3.05) is 7.05 Å². The fraction of sp³-hybridized carbons (Fsp3) is 0.412. The summed E-state index contributed by atoms with van der Waals surface area (Å²) in [5.74, 6) is -0.408. The number of hydrogen-bond acceptors (Lipinski definition) is 3. The lowest BCUT2D eigenvalue weighted by atomic mass is 9.93. The lowest BCUT2D eigenvalue weighted by Gasteiger charge is -2.14. The van der Waals surface area contributed by atoms with Crippen molar-refractivity contribution in [3.63, 3.8) is 0 Å². The first-order valence-corrected chi connectivity index (χ1v) is 8.51. The maximum absolute atomic E-state index is 13.6. The standard InChI is InChI=1S/C17H22F2N4S.HI/c1-17(2,3)14-10-24-15(23-14)9-22-16(20-4)21-8-11-7-12(18)5-6-13(11)19;/h5-7,10H,8-9H2,1-4H3,(H2,20,21,22);1H. The van der Waals surface area contributed by atoms with Gasteiger partial charge in [0.25, 0.3) is 0 Å². The lowest BCUT2D eigenvalue weighted by Crippen LogP contribution is -2.36. The van der Waals surface area contributed by atoms with Gasteiger partial charge in [0.05, 0.1) is 12.2 Å². The molecular formula is C17H23F2IN4S. The molecule has 2 N–H and O–H groups in total. The Labute approximate surface area is 168 Å². The maximum atomic E-state index is 13.6. The van der Waals surface area contributed by atoms with Crippen molar-refractivity contribution in [1.82, 2.24) is 15.6 Å². The average Bonchev–Trinajstić information content (AvgIpc) is 3.00. The van der Waals surface area contributed by atoms with Gasteiger partial charge in [-0.05, 0) is 18.2 Å². The van der Waals surface area contributed by atoms with Crippen molar-refractivity contribution >= 4 is 41.3 Å². The molecule has 25 heavy (non-hydrogen) atoms. The van der Waals surface area contributed by atoms with Gasteiger partial charge in [0, 0.05) is 30.0 Å². The van der Waals surface area contributed by atoms with E-state index >= 15 is 0 Å². The predicted molar refractivity (Wildman–Crippen MR) is 110 cm³/mol. The monoisotopic (exact) mass is 480 g/mol. The lowest BCUT2D eigenvalue weighted by molar-refractivity contribution is 0.570. The Morgan fingerprint density at radius 3 is 2.48 bits per heavy atom. The second-order valence-corrected chi connectivity index (χ2v) is 7.33. The van der Waals surface area contributed by atoms with Crippen LogP contribution in [0.4, 0.5) is 8.78 Å². The first kappa shape index (κ1) is 21.8. The summed E-state index contributed by atoms with van der Waals surface area (Å²) in [5.41, 5.74) is 1.32. The first-order valence-electron chi connectivity index (χ1n) is 7.63. The Hall–Kier alpha value is -1.29. The molecule has 2 rings (SSSR count). The number of aromatic nitrogens is 1. The molecule has 0 atom stereocenters. The maximum Gasteiger partial charge on any atom is 0.191 e. The number of halogens is 3. The topological polar surface area (TPSA) is 49.3 Å². The van der Waals surface area contributed by atoms with Gasteiger partial charge in [-0.15, -0.1) is 35.3 Å². The molecule has 0 saturated heterocycles. The van der Waals surface area contributed by atoms with Crippen molar-refractivity contribution in [1.29, 1.82) is 0 Å². The number of benzene rings is 1. The molecule has 0 unspecified atom stereocenters. The van der Waals surface area contributed by atoms with Gasteiger partial charge in [0.15, 0.2) is 5.96 Å². The summed E-state index contributed by atoms with van der Waals surface area (Å²) < 4.78 is 26.8. The van der Waals surface area contributed by atoms with E-state index in [-0.39, 0.29) is 41.5 Å². The van der Waals surface area contributed by atoms with Crippen molar-refractivity contribution in [2.24, 2.45) is 4.99 Å². The van der Waals surface area contributed by atoms with Crippen LogP contribution in [0.5, 0.6) is 0 Å². The highest BCUT2D eigenvalue weighted by Crippen LogP contribution is 2.23. The van der Waals surface area contributed by atoms with Crippen molar-refractivity contribution in [3.05, 3.63) is 51.5 Å². The van der Waals surface area contributed by atoms with Gasteiger partial charge >= 0.3 is 0 Å². The normalized spacial score (nSPS) is 11.8. The highest BCUT2D eigenvalue weighted by Gasteiger charge is 2.17. The fourth-order valence-electron chi connectivity index (χ4n) is 1.97. The van der Waals surface area contributed by atoms with Crippen LogP contribution in [0.2, 0.25) is 0 Å². The summed E-state index contributed by atoms with van der Waals surface area (Å²) in [6.45, 7) is 7.02. The van der Waals surface area contributed by atoms with E-state index in [9.17, 15) is 8.78 Å². The smallest absolute Gasteiger partial charge is 0.191 e. The molecule has 0 bridgehead atoms. The van der Waals surface area contributed by atoms with E-state index in [4.69, 9.17) is 0 Å². The van der Waals surface area contributed by atoms with Crippen LogP contribution in [0.15, 0.2) is 28.6 Å². The Kier molecular flexibility index (Phi) is 8.20. The third kappa shape index (κ3) is 6.50. The molecule has 8 heteroatoms. The summed E-state index contributed by atoms with van der Waals surface area (Å²) in [5, 5.41) is 9.09. The molecule has 1 aromatic carbocycles. The van der Waals surface area contributed by atoms with E-state index in [0.29, 0.717) is 12.5 Å². The zero-order valence-electron chi connectivity index (χ0n) is 14.7. The number of rotatable bonds is 4. The van der Waals surface area contributed by atoms with E-state index in [1.807, 2.05) is 0 Å².